The predicted molar refractivity (Wildman–Crippen MR) is 149 cm³/mol. The first-order valence-corrected chi connectivity index (χ1v) is 13.5. The number of benzene rings is 1. The van der Waals surface area contributed by atoms with Crippen LogP contribution in [-0.4, -0.2) is 63.8 Å². The van der Waals surface area contributed by atoms with Crippen LogP contribution < -0.4 is 10.2 Å². The number of halogens is 3. The molecule has 13 heteroatoms. The molecule has 0 aliphatic carbocycles. The molecule has 4 rings (SSSR count). The number of hydrogen-bond donors (Lipinski definition) is 1. The molecule has 0 radical (unpaired) electrons. The van der Waals surface area contributed by atoms with Crippen LogP contribution in [0.1, 0.15) is 69.2 Å². The molecule has 1 saturated heterocycles. The van der Waals surface area contributed by atoms with E-state index >= 15 is 0 Å². The number of aromatic nitrogens is 3. The number of carbonyl (C=O) groups is 2. The summed E-state index contributed by atoms with van der Waals surface area (Å²) >= 11 is 0. The molecule has 2 amide bonds. The fourth-order valence-electron chi connectivity index (χ4n) is 4.38. The number of hydrogen-bond acceptors (Lipinski definition) is 8. The van der Waals surface area contributed by atoms with Crippen molar-refractivity contribution in [1.82, 2.24) is 25.3 Å². The lowest BCUT2D eigenvalue weighted by molar-refractivity contribution is -0.138. The monoisotopic (exact) mass is 588 g/mol. The first-order valence-electron chi connectivity index (χ1n) is 13.5. The molecule has 10 nitrogen and oxygen atoms in total. The zero-order chi connectivity index (χ0) is 30.9. The van der Waals surface area contributed by atoms with E-state index < -0.39 is 34.8 Å². The van der Waals surface area contributed by atoms with Crippen LogP contribution in [0.4, 0.5) is 23.7 Å². The molecule has 3 heterocycles. The average molecular weight is 589 g/mol. The molecule has 42 heavy (non-hydrogen) atoms. The number of pyridine rings is 1. The van der Waals surface area contributed by atoms with Gasteiger partial charge in [-0.15, -0.1) is 0 Å². The summed E-state index contributed by atoms with van der Waals surface area (Å²) < 4.78 is 53.1. The highest BCUT2D eigenvalue weighted by molar-refractivity contribution is 5.90. The second kappa shape index (κ2) is 11.6. The van der Waals surface area contributed by atoms with Crippen molar-refractivity contribution < 1.29 is 32.0 Å². The Morgan fingerprint density at radius 3 is 2.31 bits per heavy atom. The lowest BCUT2D eigenvalue weighted by atomic mass is 9.97. The number of nitrogens with zero attached hydrogens (tertiary/aromatic N) is 5. The van der Waals surface area contributed by atoms with Crippen molar-refractivity contribution >= 4 is 17.7 Å². The van der Waals surface area contributed by atoms with E-state index in [1.807, 2.05) is 25.7 Å². The highest BCUT2D eigenvalue weighted by Crippen LogP contribution is 2.38. The summed E-state index contributed by atoms with van der Waals surface area (Å²) in [6.45, 7) is 12.2. The quantitative estimate of drug-likeness (QED) is 0.420. The topological polar surface area (TPSA) is 114 Å². The van der Waals surface area contributed by atoms with Crippen molar-refractivity contribution in [1.29, 1.82) is 0 Å². The number of piperazine rings is 1. The fraction of sp³-hybridized carbons (Fsp3) is 0.483. The van der Waals surface area contributed by atoms with Crippen LogP contribution >= 0.6 is 0 Å². The van der Waals surface area contributed by atoms with E-state index in [9.17, 15) is 22.8 Å². The van der Waals surface area contributed by atoms with Crippen LogP contribution in [0, 0.1) is 0 Å². The third-order valence-electron chi connectivity index (χ3n) is 6.51. The van der Waals surface area contributed by atoms with Crippen LogP contribution in [0.2, 0.25) is 0 Å². The van der Waals surface area contributed by atoms with Gasteiger partial charge in [0.15, 0.2) is 0 Å². The van der Waals surface area contributed by atoms with E-state index in [1.165, 1.54) is 12.3 Å². The van der Waals surface area contributed by atoms with Gasteiger partial charge in [0.2, 0.25) is 5.89 Å². The van der Waals surface area contributed by atoms with Crippen LogP contribution in [-0.2, 0) is 22.9 Å². The van der Waals surface area contributed by atoms with Gasteiger partial charge >= 0.3 is 12.3 Å². The zero-order valence-electron chi connectivity index (χ0n) is 24.5. The van der Waals surface area contributed by atoms with E-state index in [0.717, 1.165) is 6.07 Å². The van der Waals surface area contributed by atoms with Crippen LogP contribution in [0.15, 0.2) is 41.2 Å². The van der Waals surface area contributed by atoms with Gasteiger partial charge in [-0.25, -0.2) is 4.79 Å². The molecule has 3 aromatic rings. The second-order valence-corrected chi connectivity index (χ2v) is 12.1. The first-order chi connectivity index (χ1) is 19.5. The van der Waals surface area contributed by atoms with E-state index in [0.29, 0.717) is 43.0 Å². The van der Waals surface area contributed by atoms with Crippen molar-refractivity contribution in [2.75, 3.05) is 31.1 Å². The predicted octanol–water partition coefficient (Wildman–Crippen LogP) is 5.44. The van der Waals surface area contributed by atoms with Gasteiger partial charge in [-0.2, -0.15) is 18.2 Å². The molecule has 0 unspecified atom stereocenters. The Labute approximate surface area is 242 Å². The van der Waals surface area contributed by atoms with Gasteiger partial charge in [-0.3, -0.25) is 9.78 Å². The lowest BCUT2D eigenvalue weighted by Gasteiger charge is -2.37. The molecular formula is C29H35F3N6O4. The number of rotatable bonds is 5. The van der Waals surface area contributed by atoms with Gasteiger partial charge < -0.3 is 24.4 Å². The molecule has 0 bridgehead atoms. The van der Waals surface area contributed by atoms with Gasteiger partial charge in [-0.1, -0.05) is 38.1 Å². The number of anilines is 1. The highest BCUT2D eigenvalue weighted by atomic mass is 19.4. The van der Waals surface area contributed by atoms with Crippen LogP contribution in [0.3, 0.4) is 0 Å². The third-order valence-corrected chi connectivity index (χ3v) is 6.51. The van der Waals surface area contributed by atoms with Gasteiger partial charge in [0.1, 0.15) is 5.60 Å². The Bertz CT molecular complexity index is 1430. The van der Waals surface area contributed by atoms with Crippen molar-refractivity contribution in [2.24, 2.45) is 0 Å². The molecule has 0 saturated carbocycles. The second-order valence-electron chi connectivity index (χ2n) is 12.1. The summed E-state index contributed by atoms with van der Waals surface area (Å²) in [7, 11) is 0. The Hall–Kier alpha value is -4.16. The van der Waals surface area contributed by atoms with Crippen molar-refractivity contribution in [3.05, 3.63) is 59.5 Å². The van der Waals surface area contributed by atoms with Crippen LogP contribution in [0.5, 0.6) is 0 Å². The van der Waals surface area contributed by atoms with Gasteiger partial charge in [0.05, 0.1) is 17.4 Å². The van der Waals surface area contributed by atoms with E-state index in [1.54, 1.807) is 44.0 Å². The molecule has 1 N–H and O–H groups in total. The summed E-state index contributed by atoms with van der Waals surface area (Å²) in [5, 5.41) is 6.10. The minimum Gasteiger partial charge on any atom is -0.444 e. The molecule has 0 atom stereocenters. The smallest absolute Gasteiger partial charge is 0.416 e. The van der Waals surface area contributed by atoms with E-state index in [4.69, 9.17) is 9.26 Å². The maximum absolute atomic E-state index is 14.2. The summed E-state index contributed by atoms with van der Waals surface area (Å²) in [6, 6.07) is 5.66. The van der Waals surface area contributed by atoms with Gasteiger partial charge in [-0.05, 0) is 44.0 Å². The third kappa shape index (κ3) is 7.37. The highest BCUT2D eigenvalue weighted by Gasteiger charge is 2.34. The Kier molecular flexibility index (Phi) is 8.51. The average Bonchev–Trinajstić information content (AvgIpc) is 3.42. The molecule has 1 aliphatic heterocycles. The molecule has 226 valence electrons. The van der Waals surface area contributed by atoms with E-state index in [-0.39, 0.29) is 23.8 Å². The Morgan fingerprint density at radius 1 is 1.02 bits per heavy atom. The SMILES string of the molecule is CC(C)(C)OC(=O)N1CCN(c2cnccc2-c2ccc(CNC(=O)c3noc(C(C)(C)C)n3)c(C(F)(F)F)c2)CC1. The standard InChI is InChI=1S/C29H35F3N6O4/c1-27(2,3)25-35-23(36-42-25)24(39)34-16-19-8-7-18(15-21(19)29(30,31)32)20-9-10-33-17-22(20)37-11-13-38(14-12-37)26(40)41-28(4,5)6/h7-10,15,17H,11-14,16H2,1-6H3,(H,34,39). The van der Waals surface area contributed by atoms with Crippen molar-refractivity contribution in [3.8, 4) is 11.1 Å². The molecule has 2 aromatic heterocycles. The number of carbonyl (C=O) groups excluding carboxylic acids is 2. The minimum atomic E-state index is -4.67. The molecule has 1 aliphatic rings. The normalized spacial score (nSPS) is 14.6. The summed E-state index contributed by atoms with van der Waals surface area (Å²) in [4.78, 5) is 36.8. The number of nitrogens with one attached hydrogen (secondary N) is 1. The number of ether oxygens (including phenoxy) is 1. The Balaban J connectivity index is 1.52. The maximum atomic E-state index is 14.2. The lowest BCUT2D eigenvalue weighted by Crippen LogP contribution is -2.50. The van der Waals surface area contributed by atoms with Crippen molar-refractivity contribution in [3.63, 3.8) is 0 Å². The summed E-state index contributed by atoms with van der Waals surface area (Å²) in [5.41, 5.74) is -0.513. The fourth-order valence-corrected chi connectivity index (χ4v) is 4.38. The summed E-state index contributed by atoms with van der Waals surface area (Å²) in [5.74, 6) is -0.751. The summed E-state index contributed by atoms with van der Waals surface area (Å²) in [6.07, 6.45) is -1.95. The minimum absolute atomic E-state index is 0.110. The van der Waals surface area contributed by atoms with Crippen molar-refractivity contribution in [2.45, 2.75) is 65.3 Å². The first kappa shape index (κ1) is 30.8. The van der Waals surface area contributed by atoms with Crippen LogP contribution in [0.25, 0.3) is 11.1 Å². The Morgan fingerprint density at radius 2 is 1.71 bits per heavy atom. The number of amides is 2. The van der Waals surface area contributed by atoms with E-state index in [2.05, 4.69) is 20.4 Å². The molecular weight excluding hydrogens is 553 g/mol. The van der Waals surface area contributed by atoms with Gasteiger partial charge in [0.25, 0.3) is 11.7 Å². The largest absolute Gasteiger partial charge is 0.444 e. The maximum Gasteiger partial charge on any atom is 0.416 e. The van der Waals surface area contributed by atoms with Gasteiger partial charge in [0, 0.05) is 49.9 Å². The molecule has 1 fully saturated rings. The molecule has 1 aromatic carbocycles. The zero-order valence-corrected chi connectivity index (χ0v) is 24.5. The molecule has 0 spiro atoms. The number of alkyl halides is 3.